The highest BCUT2D eigenvalue weighted by molar-refractivity contribution is 6.32. The molecule has 3 heteroatoms. The van der Waals surface area contributed by atoms with E-state index in [1.165, 1.54) is 6.42 Å². The minimum Gasteiger partial charge on any atom is -0.495 e. The van der Waals surface area contributed by atoms with Gasteiger partial charge in [-0.2, -0.15) is 0 Å². The number of ether oxygens (including phenoxy) is 1. The van der Waals surface area contributed by atoms with Crippen molar-refractivity contribution in [2.75, 3.05) is 7.11 Å². The molecule has 0 aliphatic heterocycles. The Labute approximate surface area is 101 Å². The van der Waals surface area contributed by atoms with Crippen LogP contribution < -0.4 is 4.74 Å². The van der Waals surface area contributed by atoms with E-state index < -0.39 is 5.60 Å². The van der Waals surface area contributed by atoms with Gasteiger partial charge in [0, 0.05) is 0 Å². The lowest BCUT2D eigenvalue weighted by atomic mass is 9.80. The number of rotatable bonds is 2. The Hall–Kier alpha value is -0.730. The van der Waals surface area contributed by atoms with Gasteiger partial charge in [0.25, 0.3) is 0 Å². The van der Waals surface area contributed by atoms with Crippen LogP contribution in [0.2, 0.25) is 5.02 Å². The highest BCUT2D eigenvalue weighted by Crippen LogP contribution is 2.39. The normalized spacial score (nSPS) is 19.4. The van der Waals surface area contributed by atoms with E-state index >= 15 is 0 Å². The number of methoxy groups -OCH3 is 1. The summed E-state index contributed by atoms with van der Waals surface area (Å²) >= 11 is 6.07. The second kappa shape index (κ2) is 4.64. The molecule has 1 N–H and O–H groups in total. The van der Waals surface area contributed by atoms with E-state index in [2.05, 4.69) is 0 Å². The molecule has 0 saturated heterocycles. The lowest BCUT2D eigenvalue weighted by Gasteiger charge is -2.32. The number of hydrogen-bond acceptors (Lipinski definition) is 2. The van der Waals surface area contributed by atoms with Crippen LogP contribution in [0.25, 0.3) is 0 Å². The highest BCUT2D eigenvalue weighted by Gasteiger charge is 2.31. The molecule has 16 heavy (non-hydrogen) atoms. The van der Waals surface area contributed by atoms with Crippen molar-refractivity contribution in [2.45, 2.75) is 37.7 Å². The first-order chi connectivity index (χ1) is 7.65. The number of aliphatic hydroxyl groups is 1. The summed E-state index contributed by atoms with van der Waals surface area (Å²) in [6.45, 7) is 0. The van der Waals surface area contributed by atoms with Crippen molar-refractivity contribution < 1.29 is 9.84 Å². The van der Waals surface area contributed by atoms with Crippen LogP contribution in [0, 0.1) is 0 Å². The standard InChI is InChI=1S/C13H17ClO2/c1-16-12-6-5-10(9-11(12)14)13(15)7-3-2-4-8-13/h5-6,9,15H,2-4,7-8H2,1H3. The van der Waals surface area contributed by atoms with Crippen LogP contribution in [-0.2, 0) is 5.60 Å². The Balaban J connectivity index is 2.29. The van der Waals surface area contributed by atoms with Gasteiger partial charge in [-0.05, 0) is 30.5 Å². The molecule has 0 spiro atoms. The van der Waals surface area contributed by atoms with E-state index in [4.69, 9.17) is 16.3 Å². The third kappa shape index (κ3) is 2.18. The van der Waals surface area contributed by atoms with E-state index in [9.17, 15) is 5.11 Å². The fourth-order valence-electron chi connectivity index (χ4n) is 2.38. The third-order valence-electron chi connectivity index (χ3n) is 3.37. The topological polar surface area (TPSA) is 29.5 Å². The number of benzene rings is 1. The molecule has 1 aliphatic carbocycles. The van der Waals surface area contributed by atoms with Crippen molar-refractivity contribution in [2.24, 2.45) is 0 Å². The van der Waals surface area contributed by atoms with E-state index in [0.29, 0.717) is 10.8 Å². The molecule has 0 radical (unpaired) electrons. The summed E-state index contributed by atoms with van der Waals surface area (Å²) in [6.07, 6.45) is 5.04. The van der Waals surface area contributed by atoms with Crippen molar-refractivity contribution >= 4 is 11.6 Å². The molecule has 0 amide bonds. The Morgan fingerprint density at radius 1 is 1.25 bits per heavy atom. The molecule has 1 aromatic carbocycles. The fraction of sp³-hybridized carbons (Fsp3) is 0.538. The molecule has 0 atom stereocenters. The first-order valence-corrected chi connectivity index (χ1v) is 6.10. The molecule has 88 valence electrons. The molecule has 1 aliphatic rings. The third-order valence-corrected chi connectivity index (χ3v) is 3.67. The zero-order valence-corrected chi connectivity index (χ0v) is 10.3. The van der Waals surface area contributed by atoms with E-state index in [0.717, 1.165) is 31.2 Å². The second-order valence-corrected chi connectivity index (χ2v) is 4.85. The first kappa shape index (κ1) is 11.7. The molecule has 0 bridgehead atoms. The first-order valence-electron chi connectivity index (χ1n) is 5.72. The monoisotopic (exact) mass is 240 g/mol. The van der Waals surface area contributed by atoms with Crippen molar-refractivity contribution in [1.29, 1.82) is 0 Å². The van der Waals surface area contributed by atoms with E-state index in [1.807, 2.05) is 18.2 Å². The predicted molar refractivity (Wildman–Crippen MR) is 65.0 cm³/mol. The van der Waals surface area contributed by atoms with Gasteiger partial charge < -0.3 is 9.84 Å². The smallest absolute Gasteiger partial charge is 0.137 e. The minimum absolute atomic E-state index is 0.569. The quantitative estimate of drug-likeness (QED) is 0.858. The molecule has 2 rings (SSSR count). The average molecular weight is 241 g/mol. The molecule has 1 aromatic rings. The predicted octanol–water partition coefficient (Wildman–Crippen LogP) is 3.50. The van der Waals surface area contributed by atoms with Crippen molar-refractivity contribution in [3.05, 3.63) is 28.8 Å². The van der Waals surface area contributed by atoms with Crippen molar-refractivity contribution in [3.8, 4) is 5.75 Å². The van der Waals surface area contributed by atoms with Crippen LogP contribution in [0.4, 0.5) is 0 Å². The van der Waals surface area contributed by atoms with Gasteiger partial charge in [0.05, 0.1) is 17.7 Å². The molecule has 1 saturated carbocycles. The summed E-state index contributed by atoms with van der Waals surface area (Å²) in [4.78, 5) is 0. The minimum atomic E-state index is -0.686. The maximum absolute atomic E-state index is 10.5. The summed E-state index contributed by atoms with van der Waals surface area (Å²) in [5.41, 5.74) is 0.228. The Morgan fingerprint density at radius 3 is 2.50 bits per heavy atom. The largest absolute Gasteiger partial charge is 0.495 e. The van der Waals surface area contributed by atoms with Gasteiger partial charge in [0.2, 0.25) is 0 Å². The SMILES string of the molecule is COc1ccc(C2(O)CCCCC2)cc1Cl. The summed E-state index contributed by atoms with van der Waals surface area (Å²) in [5, 5.41) is 11.1. The van der Waals surface area contributed by atoms with Crippen LogP contribution >= 0.6 is 11.6 Å². The summed E-state index contributed by atoms with van der Waals surface area (Å²) in [6, 6.07) is 5.56. The maximum atomic E-state index is 10.5. The molecule has 0 unspecified atom stereocenters. The molecular weight excluding hydrogens is 224 g/mol. The van der Waals surface area contributed by atoms with Gasteiger partial charge in [-0.15, -0.1) is 0 Å². The van der Waals surface area contributed by atoms with Crippen LogP contribution in [-0.4, -0.2) is 12.2 Å². The van der Waals surface area contributed by atoms with Crippen LogP contribution in [0.15, 0.2) is 18.2 Å². The van der Waals surface area contributed by atoms with E-state index in [-0.39, 0.29) is 0 Å². The summed E-state index contributed by atoms with van der Waals surface area (Å²) in [7, 11) is 1.59. The molecule has 1 fully saturated rings. The molecule has 0 aromatic heterocycles. The lowest BCUT2D eigenvalue weighted by Crippen LogP contribution is -2.28. The molecule has 0 heterocycles. The zero-order chi connectivity index (χ0) is 11.6. The van der Waals surface area contributed by atoms with Crippen molar-refractivity contribution in [1.82, 2.24) is 0 Å². The maximum Gasteiger partial charge on any atom is 0.137 e. The summed E-state index contributed by atoms with van der Waals surface area (Å²) in [5.74, 6) is 0.657. The van der Waals surface area contributed by atoms with E-state index in [1.54, 1.807) is 7.11 Å². The highest BCUT2D eigenvalue weighted by atomic mass is 35.5. The summed E-state index contributed by atoms with van der Waals surface area (Å²) < 4.78 is 5.11. The van der Waals surface area contributed by atoms with Crippen LogP contribution in [0.3, 0.4) is 0 Å². The number of hydrogen-bond donors (Lipinski definition) is 1. The van der Waals surface area contributed by atoms with Crippen LogP contribution in [0.5, 0.6) is 5.75 Å². The van der Waals surface area contributed by atoms with Gasteiger partial charge in [-0.25, -0.2) is 0 Å². The lowest BCUT2D eigenvalue weighted by molar-refractivity contribution is -0.000648. The number of halogens is 1. The second-order valence-electron chi connectivity index (χ2n) is 4.44. The molecule has 2 nitrogen and oxygen atoms in total. The fourth-order valence-corrected chi connectivity index (χ4v) is 2.64. The van der Waals surface area contributed by atoms with Crippen molar-refractivity contribution in [3.63, 3.8) is 0 Å². The average Bonchev–Trinajstić information content (AvgIpc) is 2.30. The van der Waals surface area contributed by atoms with Gasteiger partial charge >= 0.3 is 0 Å². The van der Waals surface area contributed by atoms with Crippen LogP contribution in [0.1, 0.15) is 37.7 Å². The van der Waals surface area contributed by atoms with Gasteiger partial charge in [0.15, 0.2) is 0 Å². The Morgan fingerprint density at radius 2 is 1.94 bits per heavy atom. The van der Waals surface area contributed by atoms with Gasteiger partial charge in [-0.3, -0.25) is 0 Å². The van der Waals surface area contributed by atoms with Gasteiger partial charge in [-0.1, -0.05) is 36.9 Å². The Bertz CT molecular complexity index is 370. The zero-order valence-electron chi connectivity index (χ0n) is 9.50. The molecular formula is C13H17ClO2. The van der Waals surface area contributed by atoms with Gasteiger partial charge in [0.1, 0.15) is 5.75 Å². The Kier molecular flexibility index (Phi) is 3.41.